The van der Waals surface area contributed by atoms with Crippen molar-refractivity contribution in [3.05, 3.63) is 84.3 Å². The Morgan fingerprint density at radius 1 is 0.960 bits per heavy atom. The topological polar surface area (TPSA) is 66.9 Å². The average Bonchev–Trinajstić information content (AvgIpc) is 2.68. The second kappa shape index (κ2) is 8.59. The number of rotatable bonds is 7. The predicted octanol–water partition coefficient (Wildman–Crippen LogP) is 3.77. The molecule has 0 aliphatic heterocycles. The lowest BCUT2D eigenvalue weighted by atomic mass is 10.1. The minimum Gasteiger partial charge on any atom is -0.370 e. The van der Waals surface area contributed by atoms with E-state index in [2.05, 4.69) is 44.9 Å². The molecule has 0 atom stereocenters. The zero-order valence-electron chi connectivity index (χ0n) is 13.9. The molecule has 25 heavy (non-hydrogen) atoms. The van der Waals surface area contributed by atoms with Crippen LogP contribution >= 0.6 is 0 Å². The molecule has 0 unspecified atom stereocenters. The molecule has 126 valence electrons. The number of nitrogens with one attached hydrogen (secondary N) is 2. The number of aryl methyl sites for hydroxylation is 1. The number of amides is 1. The Morgan fingerprint density at radius 3 is 2.56 bits per heavy atom. The Kier molecular flexibility index (Phi) is 5.72. The Balaban J connectivity index is 1.45. The van der Waals surface area contributed by atoms with Crippen LogP contribution < -0.4 is 10.6 Å². The largest absolute Gasteiger partial charge is 0.370 e. The first-order valence-electron chi connectivity index (χ1n) is 8.26. The van der Waals surface area contributed by atoms with E-state index in [0.717, 1.165) is 25.2 Å². The molecule has 0 bridgehead atoms. The molecule has 1 aromatic carbocycles. The Labute approximate surface area is 147 Å². The third-order valence-electron chi connectivity index (χ3n) is 3.74. The maximum atomic E-state index is 12.1. The second-order valence-corrected chi connectivity index (χ2v) is 5.64. The van der Waals surface area contributed by atoms with E-state index < -0.39 is 0 Å². The van der Waals surface area contributed by atoms with Gasteiger partial charge in [-0.3, -0.25) is 9.78 Å². The summed E-state index contributed by atoms with van der Waals surface area (Å²) in [4.78, 5) is 20.3. The van der Waals surface area contributed by atoms with Crippen molar-refractivity contribution in [3.63, 3.8) is 0 Å². The van der Waals surface area contributed by atoms with Crippen molar-refractivity contribution in [3.8, 4) is 0 Å². The van der Waals surface area contributed by atoms with Gasteiger partial charge in [0.1, 0.15) is 5.82 Å². The van der Waals surface area contributed by atoms with Crippen molar-refractivity contribution in [2.24, 2.45) is 0 Å². The third-order valence-corrected chi connectivity index (χ3v) is 3.74. The summed E-state index contributed by atoms with van der Waals surface area (Å²) in [6, 6.07) is 17.6. The van der Waals surface area contributed by atoms with Gasteiger partial charge >= 0.3 is 0 Å². The molecule has 2 aromatic heterocycles. The fraction of sp³-hybridized carbons (Fsp3) is 0.150. The SMILES string of the molecule is O=C(Nc1ccc(NCCCc2ccccc2)nc1)c1cccnc1. The van der Waals surface area contributed by atoms with Crippen molar-refractivity contribution in [1.82, 2.24) is 9.97 Å². The summed E-state index contributed by atoms with van der Waals surface area (Å²) in [5, 5.41) is 6.10. The molecule has 3 aromatic rings. The van der Waals surface area contributed by atoms with E-state index in [1.165, 1.54) is 11.8 Å². The summed E-state index contributed by atoms with van der Waals surface area (Å²) in [6.45, 7) is 0.850. The molecule has 3 rings (SSSR count). The highest BCUT2D eigenvalue weighted by Gasteiger charge is 2.05. The molecule has 0 aliphatic carbocycles. The maximum Gasteiger partial charge on any atom is 0.257 e. The van der Waals surface area contributed by atoms with Crippen molar-refractivity contribution in [2.45, 2.75) is 12.8 Å². The summed E-state index contributed by atoms with van der Waals surface area (Å²) in [7, 11) is 0. The van der Waals surface area contributed by atoms with Gasteiger partial charge in [-0.25, -0.2) is 4.98 Å². The lowest BCUT2D eigenvalue weighted by Crippen LogP contribution is -2.12. The smallest absolute Gasteiger partial charge is 0.257 e. The molecular weight excluding hydrogens is 312 g/mol. The molecule has 2 heterocycles. The van der Waals surface area contributed by atoms with Crippen LogP contribution in [0.1, 0.15) is 22.3 Å². The first-order valence-corrected chi connectivity index (χ1v) is 8.26. The standard InChI is InChI=1S/C20H20N4O/c25-20(17-9-5-12-21-14-17)24-18-10-11-19(23-15-18)22-13-4-8-16-6-2-1-3-7-16/h1-3,5-7,9-12,14-15H,4,8,13H2,(H,22,23)(H,24,25). The number of nitrogens with zero attached hydrogens (tertiary/aromatic N) is 2. The normalized spacial score (nSPS) is 10.2. The van der Waals surface area contributed by atoms with Crippen molar-refractivity contribution < 1.29 is 4.79 Å². The molecule has 0 saturated heterocycles. The van der Waals surface area contributed by atoms with Gasteiger partial charge in [-0.2, -0.15) is 0 Å². The first kappa shape index (κ1) is 16.6. The lowest BCUT2D eigenvalue weighted by Gasteiger charge is -2.08. The maximum absolute atomic E-state index is 12.1. The van der Waals surface area contributed by atoms with Crippen molar-refractivity contribution >= 4 is 17.4 Å². The van der Waals surface area contributed by atoms with Crippen LogP contribution in [-0.2, 0) is 6.42 Å². The Morgan fingerprint density at radius 2 is 1.84 bits per heavy atom. The van der Waals surface area contributed by atoms with E-state index in [9.17, 15) is 4.79 Å². The molecule has 5 nitrogen and oxygen atoms in total. The van der Waals surface area contributed by atoms with E-state index in [1.807, 2.05) is 18.2 Å². The number of hydrogen-bond donors (Lipinski definition) is 2. The van der Waals surface area contributed by atoms with Crippen LogP contribution in [0.3, 0.4) is 0 Å². The van der Waals surface area contributed by atoms with Crippen LogP contribution in [0.15, 0.2) is 73.2 Å². The van der Waals surface area contributed by atoms with E-state index in [0.29, 0.717) is 11.3 Å². The molecule has 0 fully saturated rings. The van der Waals surface area contributed by atoms with E-state index in [1.54, 1.807) is 24.5 Å². The lowest BCUT2D eigenvalue weighted by molar-refractivity contribution is 0.102. The summed E-state index contributed by atoms with van der Waals surface area (Å²) in [5.41, 5.74) is 2.51. The molecule has 1 amide bonds. The van der Waals surface area contributed by atoms with Crippen LogP contribution in [0.2, 0.25) is 0 Å². The van der Waals surface area contributed by atoms with E-state index in [-0.39, 0.29) is 5.91 Å². The van der Waals surface area contributed by atoms with Crippen molar-refractivity contribution in [2.75, 3.05) is 17.2 Å². The summed E-state index contributed by atoms with van der Waals surface area (Å²) >= 11 is 0. The van der Waals surface area contributed by atoms with Gasteiger partial charge in [-0.15, -0.1) is 0 Å². The van der Waals surface area contributed by atoms with Gasteiger partial charge < -0.3 is 10.6 Å². The molecule has 0 saturated carbocycles. The summed E-state index contributed by atoms with van der Waals surface area (Å²) < 4.78 is 0. The van der Waals surface area contributed by atoms with Crippen LogP contribution in [0.4, 0.5) is 11.5 Å². The minimum atomic E-state index is -0.196. The zero-order chi connectivity index (χ0) is 17.3. The number of benzene rings is 1. The predicted molar refractivity (Wildman–Crippen MR) is 99.7 cm³/mol. The van der Waals surface area contributed by atoms with Gasteiger partial charge in [0.15, 0.2) is 0 Å². The van der Waals surface area contributed by atoms with Gasteiger partial charge in [-0.1, -0.05) is 30.3 Å². The highest BCUT2D eigenvalue weighted by Crippen LogP contribution is 2.11. The van der Waals surface area contributed by atoms with Gasteiger partial charge in [0.05, 0.1) is 17.4 Å². The quantitative estimate of drug-likeness (QED) is 0.646. The molecule has 2 N–H and O–H groups in total. The van der Waals surface area contributed by atoms with E-state index >= 15 is 0 Å². The average molecular weight is 332 g/mol. The number of carbonyl (C=O) groups is 1. The Hall–Kier alpha value is -3.21. The van der Waals surface area contributed by atoms with Crippen molar-refractivity contribution in [1.29, 1.82) is 0 Å². The first-order chi connectivity index (χ1) is 12.3. The van der Waals surface area contributed by atoms with Gasteiger partial charge in [0.25, 0.3) is 5.91 Å². The molecule has 0 spiro atoms. The molecule has 0 aliphatic rings. The van der Waals surface area contributed by atoms with Gasteiger partial charge in [0, 0.05) is 18.9 Å². The Bertz CT molecular complexity index is 789. The minimum absolute atomic E-state index is 0.196. The second-order valence-electron chi connectivity index (χ2n) is 5.64. The fourth-order valence-corrected chi connectivity index (χ4v) is 2.43. The van der Waals surface area contributed by atoms with Crippen LogP contribution in [0, 0.1) is 0 Å². The number of pyridine rings is 2. The number of hydrogen-bond acceptors (Lipinski definition) is 4. The third kappa shape index (κ3) is 5.14. The molecule has 0 radical (unpaired) electrons. The van der Waals surface area contributed by atoms with Crippen LogP contribution in [-0.4, -0.2) is 22.4 Å². The molecule has 5 heteroatoms. The number of carbonyl (C=O) groups excluding carboxylic acids is 1. The summed E-state index contributed by atoms with van der Waals surface area (Å²) in [5.74, 6) is 0.603. The monoisotopic (exact) mass is 332 g/mol. The van der Waals surface area contributed by atoms with E-state index in [4.69, 9.17) is 0 Å². The van der Waals surface area contributed by atoms with Gasteiger partial charge in [0.2, 0.25) is 0 Å². The molecular formula is C20H20N4O. The highest BCUT2D eigenvalue weighted by molar-refractivity contribution is 6.03. The zero-order valence-corrected chi connectivity index (χ0v) is 13.9. The number of anilines is 2. The number of aromatic nitrogens is 2. The fourth-order valence-electron chi connectivity index (χ4n) is 2.43. The summed E-state index contributed by atoms with van der Waals surface area (Å²) in [6.07, 6.45) is 6.88. The van der Waals surface area contributed by atoms with Crippen LogP contribution in [0.25, 0.3) is 0 Å². The van der Waals surface area contributed by atoms with Crippen LogP contribution in [0.5, 0.6) is 0 Å². The van der Waals surface area contributed by atoms with Gasteiger partial charge in [-0.05, 0) is 42.7 Å². The highest BCUT2D eigenvalue weighted by atomic mass is 16.1.